The number of benzene rings is 3. The third-order valence-corrected chi connectivity index (χ3v) is 8.38. The van der Waals surface area contributed by atoms with Gasteiger partial charge in [-0.3, -0.25) is 13.9 Å². The number of nitrogens with zero attached hydrogens (tertiary/aromatic N) is 2. The Balaban J connectivity index is 2.08. The van der Waals surface area contributed by atoms with Crippen LogP contribution in [0.4, 0.5) is 10.1 Å². The monoisotopic (exact) mass is 603 g/mol. The molecule has 0 fully saturated rings. The molecule has 0 aliphatic rings. The van der Waals surface area contributed by atoms with E-state index in [1.807, 2.05) is 20.8 Å². The highest BCUT2D eigenvalue weighted by Gasteiger charge is 2.35. The predicted molar refractivity (Wildman–Crippen MR) is 158 cm³/mol. The minimum absolute atomic E-state index is 0.0333. The van der Waals surface area contributed by atoms with Gasteiger partial charge in [0.2, 0.25) is 11.8 Å². The van der Waals surface area contributed by atoms with Crippen molar-refractivity contribution in [2.24, 2.45) is 0 Å². The molecule has 0 unspecified atom stereocenters. The fourth-order valence-electron chi connectivity index (χ4n) is 4.19. The molecule has 0 radical (unpaired) electrons. The first kappa shape index (κ1) is 31.9. The van der Waals surface area contributed by atoms with E-state index in [2.05, 4.69) is 5.32 Å². The summed E-state index contributed by atoms with van der Waals surface area (Å²) < 4.78 is 47.6. The Morgan fingerprint density at radius 2 is 1.61 bits per heavy atom. The van der Waals surface area contributed by atoms with Crippen LogP contribution in [0.25, 0.3) is 0 Å². The van der Waals surface area contributed by atoms with E-state index < -0.39 is 39.9 Å². The molecule has 0 saturated carbocycles. The van der Waals surface area contributed by atoms with Crippen molar-refractivity contribution in [1.29, 1.82) is 0 Å². The van der Waals surface area contributed by atoms with Crippen LogP contribution in [0, 0.1) is 5.82 Å². The van der Waals surface area contributed by atoms with E-state index in [9.17, 15) is 22.4 Å². The van der Waals surface area contributed by atoms with Gasteiger partial charge in [0.25, 0.3) is 10.0 Å². The Labute approximate surface area is 246 Å². The second-order valence-corrected chi connectivity index (χ2v) is 12.7. The van der Waals surface area contributed by atoms with Crippen LogP contribution in [0.2, 0.25) is 5.02 Å². The maximum atomic E-state index is 14.1. The lowest BCUT2D eigenvalue weighted by Gasteiger charge is -2.35. The van der Waals surface area contributed by atoms with Crippen molar-refractivity contribution in [1.82, 2.24) is 10.2 Å². The van der Waals surface area contributed by atoms with E-state index in [0.29, 0.717) is 16.3 Å². The largest absolute Gasteiger partial charge is 0.497 e. The maximum Gasteiger partial charge on any atom is 0.264 e. The van der Waals surface area contributed by atoms with Gasteiger partial charge in [0, 0.05) is 17.1 Å². The summed E-state index contributed by atoms with van der Waals surface area (Å²) in [4.78, 5) is 28.7. The summed E-state index contributed by atoms with van der Waals surface area (Å²) >= 11 is 6.41. The van der Waals surface area contributed by atoms with E-state index >= 15 is 0 Å². The zero-order valence-electron chi connectivity index (χ0n) is 23.7. The predicted octanol–water partition coefficient (Wildman–Crippen LogP) is 5.41. The Morgan fingerprint density at radius 1 is 1.00 bits per heavy atom. The first-order valence-electron chi connectivity index (χ1n) is 13.0. The Bertz CT molecular complexity index is 1460. The number of amides is 2. The molecule has 0 aliphatic carbocycles. The molecule has 0 aromatic heterocycles. The lowest BCUT2D eigenvalue weighted by Crippen LogP contribution is -2.55. The van der Waals surface area contributed by atoms with Gasteiger partial charge in [-0.1, -0.05) is 36.7 Å². The Hall–Kier alpha value is -3.63. The standard InChI is InChI=1S/C30H35ClFN3O5S/c1-6-27(29(37)33-30(2,3)4)34(19-21-9-7-8-10-26(21)31)28(36)20-35(23-13-11-22(32)12-14-23)41(38,39)25-17-15-24(40-5)16-18-25/h7-18,27H,6,19-20H2,1-5H3,(H,33,37)/t27-/m1/s1. The van der Waals surface area contributed by atoms with Crippen LogP contribution in [0.15, 0.2) is 77.7 Å². The molecule has 41 heavy (non-hydrogen) atoms. The van der Waals surface area contributed by atoms with Gasteiger partial charge in [-0.25, -0.2) is 12.8 Å². The highest BCUT2D eigenvalue weighted by Crippen LogP contribution is 2.27. The zero-order chi connectivity index (χ0) is 30.4. The number of carbonyl (C=O) groups is 2. The van der Waals surface area contributed by atoms with Gasteiger partial charge in [0.15, 0.2) is 0 Å². The average Bonchev–Trinajstić information content (AvgIpc) is 2.92. The SMILES string of the molecule is CC[C@H](C(=O)NC(C)(C)C)N(Cc1ccccc1Cl)C(=O)CN(c1ccc(F)cc1)S(=O)(=O)c1ccc(OC)cc1. The van der Waals surface area contributed by atoms with E-state index in [-0.39, 0.29) is 29.5 Å². The molecule has 0 saturated heterocycles. The molecule has 11 heteroatoms. The van der Waals surface area contributed by atoms with Crippen molar-refractivity contribution in [3.63, 3.8) is 0 Å². The topological polar surface area (TPSA) is 96.0 Å². The number of carbonyl (C=O) groups excluding carboxylic acids is 2. The van der Waals surface area contributed by atoms with Gasteiger partial charge in [0.05, 0.1) is 17.7 Å². The number of halogens is 2. The van der Waals surface area contributed by atoms with Crippen molar-refractivity contribution < 1.29 is 27.1 Å². The van der Waals surface area contributed by atoms with Crippen molar-refractivity contribution in [2.75, 3.05) is 18.0 Å². The van der Waals surface area contributed by atoms with Gasteiger partial charge in [0.1, 0.15) is 24.2 Å². The number of sulfonamides is 1. The van der Waals surface area contributed by atoms with Crippen molar-refractivity contribution >= 4 is 39.1 Å². The number of nitrogens with one attached hydrogen (secondary N) is 1. The molecule has 220 valence electrons. The second-order valence-electron chi connectivity index (χ2n) is 10.4. The number of hydrogen-bond donors (Lipinski definition) is 1. The van der Waals surface area contributed by atoms with Gasteiger partial charge >= 0.3 is 0 Å². The van der Waals surface area contributed by atoms with E-state index in [1.165, 1.54) is 48.4 Å². The van der Waals surface area contributed by atoms with Crippen LogP contribution in [0.3, 0.4) is 0 Å². The van der Waals surface area contributed by atoms with Crippen LogP contribution >= 0.6 is 11.6 Å². The van der Waals surface area contributed by atoms with Crippen LogP contribution < -0.4 is 14.4 Å². The molecule has 0 bridgehead atoms. The summed E-state index contributed by atoms with van der Waals surface area (Å²) in [7, 11) is -2.84. The summed E-state index contributed by atoms with van der Waals surface area (Å²) in [6, 6.07) is 16.5. The Morgan fingerprint density at radius 3 is 2.15 bits per heavy atom. The number of ether oxygens (including phenoxy) is 1. The van der Waals surface area contributed by atoms with Crippen molar-refractivity contribution in [2.45, 2.75) is 57.1 Å². The molecular formula is C30H35ClFN3O5S. The summed E-state index contributed by atoms with van der Waals surface area (Å²) in [5, 5.41) is 3.31. The first-order valence-corrected chi connectivity index (χ1v) is 14.9. The highest BCUT2D eigenvalue weighted by atomic mass is 35.5. The molecule has 3 rings (SSSR count). The fourth-order valence-corrected chi connectivity index (χ4v) is 5.80. The maximum absolute atomic E-state index is 14.1. The normalized spacial score (nSPS) is 12.4. The quantitative estimate of drug-likeness (QED) is 0.316. The molecule has 3 aromatic rings. The Kier molecular flexibility index (Phi) is 10.4. The zero-order valence-corrected chi connectivity index (χ0v) is 25.3. The number of hydrogen-bond acceptors (Lipinski definition) is 5. The molecule has 1 atom stereocenters. The summed E-state index contributed by atoms with van der Waals surface area (Å²) in [6.45, 7) is 6.57. The first-order chi connectivity index (χ1) is 19.3. The van der Waals surface area contributed by atoms with Crippen LogP contribution in [-0.4, -0.2) is 50.4 Å². The third-order valence-electron chi connectivity index (χ3n) is 6.22. The van der Waals surface area contributed by atoms with Gasteiger partial charge in [-0.2, -0.15) is 0 Å². The highest BCUT2D eigenvalue weighted by molar-refractivity contribution is 7.92. The average molecular weight is 604 g/mol. The molecule has 1 N–H and O–H groups in total. The lowest BCUT2D eigenvalue weighted by molar-refractivity contribution is -0.141. The fraction of sp³-hybridized carbons (Fsp3) is 0.333. The minimum Gasteiger partial charge on any atom is -0.497 e. The molecular weight excluding hydrogens is 569 g/mol. The van der Waals surface area contributed by atoms with E-state index in [0.717, 1.165) is 16.4 Å². The van der Waals surface area contributed by atoms with Crippen LogP contribution in [0.5, 0.6) is 5.75 Å². The third kappa shape index (κ3) is 8.20. The minimum atomic E-state index is -4.30. The molecule has 0 spiro atoms. The molecule has 3 aromatic carbocycles. The molecule has 2 amide bonds. The second kappa shape index (κ2) is 13.4. The number of methoxy groups -OCH3 is 1. The molecule has 0 aliphatic heterocycles. The van der Waals surface area contributed by atoms with Crippen molar-refractivity contribution in [3.8, 4) is 5.75 Å². The summed E-state index contributed by atoms with van der Waals surface area (Å²) in [5.41, 5.74) is 0.109. The van der Waals surface area contributed by atoms with E-state index in [4.69, 9.17) is 16.3 Å². The lowest BCUT2D eigenvalue weighted by atomic mass is 10.1. The molecule has 0 heterocycles. The van der Waals surface area contributed by atoms with Crippen molar-refractivity contribution in [3.05, 3.63) is 89.2 Å². The van der Waals surface area contributed by atoms with Crippen LogP contribution in [-0.2, 0) is 26.2 Å². The number of rotatable bonds is 11. The van der Waals surface area contributed by atoms with Gasteiger partial charge in [-0.05, 0) is 87.4 Å². The summed E-state index contributed by atoms with van der Waals surface area (Å²) in [5.74, 6) is -1.13. The smallest absolute Gasteiger partial charge is 0.264 e. The molecule has 8 nitrogen and oxygen atoms in total. The van der Waals surface area contributed by atoms with Crippen LogP contribution in [0.1, 0.15) is 39.7 Å². The van der Waals surface area contributed by atoms with Gasteiger partial charge < -0.3 is 15.0 Å². The van der Waals surface area contributed by atoms with E-state index in [1.54, 1.807) is 31.2 Å². The summed E-state index contributed by atoms with van der Waals surface area (Å²) in [6.07, 6.45) is 0.264. The number of anilines is 1. The van der Waals surface area contributed by atoms with Gasteiger partial charge in [-0.15, -0.1) is 0 Å².